The zero-order chi connectivity index (χ0) is 18.7. The molecule has 2 saturated heterocycles. The van der Waals surface area contributed by atoms with Crippen molar-refractivity contribution in [3.8, 4) is 0 Å². The maximum Gasteiger partial charge on any atom is 0.308 e. The second kappa shape index (κ2) is 7.85. The van der Waals surface area contributed by atoms with Crippen LogP contribution in [0.25, 0.3) is 0 Å². The molecule has 0 saturated carbocycles. The highest BCUT2D eigenvalue weighted by molar-refractivity contribution is 5.86. The molecule has 1 aromatic carbocycles. The summed E-state index contributed by atoms with van der Waals surface area (Å²) in [6, 6.07) is 5.87. The predicted molar refractivity (Wildman–Crippen MR) is 91.9 cm³/mol. The summed E-state index contributed by atoms with van der Waals surface area (Å²) in [7, 11) is 0. The number of hydrogen-bond acceptors (Lipinski definition) is 3. The molecule has 0 bridgehead atoms. The van der Waals surface area contributed by atoms with Crippen molar-refractivity contribution in [2.24, 2.45) is 5.92 Å². The predicted octanol–water partition coefficient (Wildman–Crippen LogP) is 1.85. The van der Waals surface area contributed by atoms with E-state index in [1.807, 2.05) is 0 Å². The van der Waals surface area contributed by atoms with Crippen LogP contribution >= 0.6 is 0 Å². The van der Waals surface area contributed by atoms with Crippen molar-refractivity contribution in [3.05, 3.63) is 35.6 Å². The van der Waals surface area contributed by atoms with Crippen LogP contribution in [0.15, 0.2) is 24.3 Å². The molecule has 6 nitrogen and oxygen atoms in total. The van der Waals surface area contributed by atoms with E-state index in [1.165, 1.54) is 17.0 Å². The number of aliphatic carboxylic acids is 1. The molecule has 7 heteroatoms. The van der Waals surface area contributed by atoms with Gasteiger partial charge in [-0.2, -0.15) is 0 Å². The van der Waals surface area contributed by atoms with E-state index < -0.39 is 23.6 Å². The zero-order valence-corrected chi connectivity index (χ0v) is 14.6. The van der Waals surface area contributed by atoms with Gasteiger partial charge in [-0.3, -0.25) is 14.4 Å². The number of carboxylic acid groups (broad SMARTS) is 1. The Hall–Kier alpha value is -2.44. The highest BCUT2D eigenvalue weighted by Crippen LogP contribution is 2.33. The highest BCUT2D eigenvalue weighted by atomic mass is 19.1. The van der Waals surface area contributed by atoms with Crippen molar-refractivity contribution in [2.45, 2.75) is 31.6 Å². The number of nitrogens with zero attached hydrogens (tertiary/aromatic N) is 2. The van der Waals surface area contributed by atoms with Crippen LogP contribution in [-0.2, 0) is 14.4 Å². The molecule has 140 valence electrons. The maximum atomic E-state index is 13.5. The molecule has 2 fully saturated rings. The van der Waals surface area contributed by atoms with Gasteiger partial charge in [0.05, 0.1) is 12.5 Å². The molecular weight excluding hydrogens is 339 g/mol. The van der Waals surface area contributed by atoms with Crippen molar-refractivity contribution in [3.63, 3.8) is 0 Å². The van der Waals surface area contributed by atoms with Gasteiger partial charge in [0.25, 0.3) is 0 Å². The lowest BCUT2D eigenvalue weighted by molar-refractivity contribution is -0.143. The van der Waals surface area contributed by atoms with Crippen LogP contribution in [0.5, 0.6) is 0 Å². The fourth-order valence-electron chi connectivity index (χ4n) is 3.80. The Balaban J connectivity index is 1.71. The first-order chi connectivity index (χ1) is 12.5. The van der Waals surface area contributed by atoms with E-state index in [-0.39, 0.29) is 31.4 Å². The van der Waals surface area contributed by atoms with Gasteiger partial charge in [0.2, 0.25) is 11.8 Å². The van der Waals surface area contributed by atoms with Crippen LogP contribution in [0.4, 0.5) is 4.39 Å². The topological polar surface area (TPSA) is 77.9 Å². The first kappa shape index (κ1) is 18.4. The summed E-state index contributed by atoms with van der Waals surface area (Å²) in [6.07, 6.45) is 3.15. The van der Waals surface area contributed by atoms with E-state index in [0.717, 1.165) is 19.3 Å². The Labute approximate surface area is 151 Å². The fraction of sp³-hybridized carbons (Fsp3) is 0.526. The smallest absolute Gasteiger partial charge is 0.308 e. The second-order valence-electron chi connectivity index (χ2n) is 7.03. The summed E-state index contributed by atoms with van der Waals surface area (Å²) in [6.45, 7) is 0.855. The Morgan fingerprint density at radius 2 is 2.00 bits per heavy atom. The van der Waals surface area contributed by atoms with Crippen molar-refractivity contribution < 1.29 is 23.9 Å². The summed E-state index contributed by atoms with van der Waals surface area (Å²) in [5, 5.41) is 9.52. The van der Waals surface area contributed by atoms with Gasteiger partial charge in [-0.15, -0.1) is 0 Å². The average Bonchev–Trinajstić information content (AvgIpc) is 2.96. The molecule has 2 aliphatic heterocycles. The summed E-state index contributed by atoms with van der Waals surface area (Å²) in [5.74, 6) is -2.92. The number of likely N-dealkylation sites (tertiary alicyclic amines) is 2. The van der Waals surface area contributed by atoms with E-state index in [2.05, 4.69) is 0 Å². The van der Waals surface area contributed by atoms with Crippen LogP contribution in [0.1, 0.15) is 37.2 Å². The number of carbonyl (C=O) groups is 3. The minimum atomic E-state index is -1.000. The minimum Gasteiger partial charge on any atom is -0.481 e. The standard InChI is InChI=1S/C19H23FN2O4/c20-14-6-4-5-13(9-14)15-10-22(11-16(15)19(25)26)18(24)12-21-8-3-1-2-7-17(21)23/h4-6,9,15-16H,1-3,7-8,10-12H2,(H,25,26)/t15-,16+/m0/s1. The van der Waals surface area contributed by atoms with Crippen LogP contribution in [0, 0.1) is 11.7 Å². The van der Waals surface area contributed by atoms with Gasteiger partial charge >= 0.3 is 5.97 Å². The molecule has 0 aliphatic carbocycles. The first-order valence-electron chi connectivity index (χ1n) is 8.99. The van der Waals surface area contributed by atoms with Crippen LogP contribution in [0.3, 0.4) is 0 Å². The SMILES string of the molecule is O=C(O)[C@@H]1CN(C(=O)CN2CCCCCC2=O)C[C@H]1c1cccc(F)c1. The Morgan fingerprint density at radius 1 is 1.19 bits per heavy atom. The molecule has 1 aromatic rings. The number of hydrogen-bond donors (Lipinski definition) is 1. The van der Waals surface area contributed by atoms with Crippen LogP contribution in [-0.4, -0.2) is 58.9 Å². The summed E-state index contributed by atoms with van der Waals surface area (Å²) in [5.41, 5.74) is 0.582. The van der Waals surface area contributed by atoms with Gasteiger partial charge in [0.15, 0.2) is 0 Å². The zero-order valence-electron chi connectivity index (χ0n) is 14.6. The number of benzene rings is 1. The lowest BCUT2D eigenvalue weighted by atomic mass is 9.89. The molecule has 2 atom stereocenters. The number of amides is 2. The molecule has 2 amide bonds. The van der Waals surface area contributed by atoms with Gasteiger partial charge in [-0.05, 0) is 30.5 Å². The van der Waals surface area contributed by atoms with E-state index in [9.17, 15) is 23.9 Å². The number of rotatable bonds is 4. The third-order valence-corrected chi connectivity index (χ3v) is 5.26. The fourth-order valence-corrected chi connectivity index (χ4v) is 3.80. The Bertz CT molecular complexity index is 709. The van der Waals surface area contributed by atoms with Gasteiger partial charge < -0.3 is 14.9 Å². The molecule has 26 heavy (non-hydrogen) atoms. The lowest BCUT2D eigenvalue weighted by Gasteiger charge is -2.24. The first-order valence-corrected chi connectivity index (χ1v) is 8.99. The lowest BCUT2D eigenvalue weighted by Crippen LogP contribution is -2.42. The van der Waals surface area contributed by atoms with Crippen molar-refractivity contribution in [1.82, 2.24) is 9.80 Å². The molecule has 0 unspecified atom stereocenters. The van der Waals surface area contributed by atoms with Crippen molar-refractivity contribution >= 4 is 17.8 Å². The molecule has 0 spiro atoms. The Kier molecular flexibility index (Phi) is 5.54. The van der Waals surface area contributed by atoms with Crippen molar-refractivity contribution in [2.75, 3.05) is 26.2 Å². The van der Waals surface area contributed by atoms with E-state index in [1.54, 1.807) is 17.0 Å². The van der Waals surface area contributed by atoms with Gasteiger partial charge in [-0.25, -0.2) is 4.39 Å². The molecule has 0 radical (unpaired) electrons. The molecule has 1 N–H and O–H groups in total. The highest BCUT2D eigenvalue weighted by Gasteiger charge is 2.41. The van der Waals surface area contributed by atoms with Gasteiger partial charge in [0, 0.05) is 32.0 Å². The number of halogens is 1. The second-order valence-corrected chi connectivity index (χ2v) is 7.03. The summed E-state index contributed by atoms with van der Waals surface area (Å²) < 4.78 is 13.5. The molecule has 2 aliphatic rings. The third kappa shape index (κ3) is 4.03. The number of carboxylic acids is 1. The molecule has 3 rings (SSSR count). The number of carbonyl (C=O) groups excluding carboxylic acids is 2. The molecular formula is C19H23FN2O4. The minimum absolute atomic E-state index is 0.0129. The maximum absolute atomic E-state index is 13.5. The third-order valence-electron chi connectivity index (χ3n) is 5.26. The van der Waals surface area contributed by atoms with E-state index >= 15 is 0 Å². The quantitative estimate of drug-likeness (QED) is 0.887. The average molecular weight is 362 g/mol. The van der Waals surface area contributed by atoms with Gasteiger partial charge in [-0.1, -0.05) is 18.6 Å². The van der Waals surface area contributed by atoms with Gasteiger partial charge in [0.1, 0.15) is 5.82 Å². The van der Waals surface area contributed by atoms with Crippen LogP contribution < -0.4 is 0 Å². The largest absolute Gasteiger partial charge is 0.481 e. The molecule has 0 aromatic heterocycles. The normalized spacial score (nSPS) is 23.8. The summed E-state index contributed by atoms with van der Waals surface area (Å²) in [4.78, 5) is 39.4. The monoisotopic (exact) mass is 362 g/mol. The Morgan fingerprint density at radius 3 is 2.73 bits per heavy atom. The van der Waals surface area contributed by atoms with Crippen molar-refractivity contribution in [1.29, 1.82) is 0 Å². The van der Waals surface area contributed by atoms with E-state index in [4.69, 9.17) is 0 Å². The molecule has 2 heterocycles. The van der Waals surface area contributed by atoms with E-state index in [0.29, 0.717) is 18.5 Å². The van der Waals surface area contributed by atoms with Crippen LogP contribution in [0.2, 0.25) is 0 Å². The summed E-state index contributed by atoms with van der Waals surface area (Å²) >= 11 is 0.